The Morgan fingerprint density at radius 2 is 1.88 bits per heavy atom. The van der Waals surface area contributed by atoms with Gasteiger partial charge in [-0.3, -0.25) is 9.69 Å². The van der Waals surface area contributed by atoms with Crippen LogP contribution in [0.25, 0.3) is 0 Å². The molecule has 0 spiro atoms. The highest BCUT2D eigenvalue weighted by Crippen LogP contribution is 2.26. The molecule has 1 aromatic carbocycles. The second-order valence-corrected chi connectivity index (χ2v) is 7.80. The molecule has 4 heteroatoms. The molecule has 0 aromatic heterocycles. The van der Waals surface area contributed by atoms with E-state index in [0.29, 0.717) is 11.8 Å². The lowest BCUT2D eigenvalue weighted by molar-refractivity contribution is -0.125. The molecule has 0 bridgehead atoms. The van der Waals surface area contributed by atoms with Gasteiger partial charge in [0.25, 0.3) is 0 Å². The van der Waals surface area contributed by atoms with Crippen LogP contribution in [0.3, 0.4) is 0 Å². The van der Waals surface area contributed by atoms with E-state index < -0.39 is 0 Å². The summed E-state index contributed by atoms with van der Waals surface area (Å²) in [6.45, 7) is 4.02. The second kappa shape index (κ2) is 8.13. The number of hydrogen-bond acceptors (Lipinski definition) is 3. The maximum absolute atomic E-state index is 12.6. The molecule has 132 valence electrons. The van der Waals surface area contributed by atoms with Crippen molar-refractivity contribution in [2.75, 3.05) is 33.7 Å². The van der Waals surface area contributed by atoms with E-state index in [1.54, 1.807) is 0 Å². The van der Waals surface area contributed by atoms with Crippen molar-refractivity contribution in [1.29, 1.82) is 0 Å². The summed E-state index contributed by atoms with van der Waals surface area (Å²) in [4.78, 5) is 17.3. The third-order valence-corrected chi connectivity index (χ3v) is 5.42. The predicted octanol–water partition coefficient (Wildman–Crippen LogP) is 2.35. The van der Waals surface area contributed by atoms with Gasteiger partial charge in [0.15, 0.2) is 0 Å². The first-order chi connectivity index (χ1) is 11.6. The normalized spacial score (nSPS) is 25.5. The average Bonchev–Trinajstić information content (AvgIpc) is 3.19. The van der Waals surface area contributed by atoms with Gasteiger partial charge in [-0.05, 0) is 32.5 Å². The molecule has 1 amide bonds. The van der Waals surface area contributed by atoms with Crippen molar-refractivity contribution in [3.63, 3.8) is 0 Å². The molecule has 1 aromatic rings. The summed E-state index contributed by atoms with van der Waals surface area (Å²) < 4.78 is 0. The van der Waals surface area contributed by atoms with Crippen molar-refractivity contribution in [3.8, 4) is 0 Å². The molecule has 2 aliphatic rings. The zero-order valence-corrected chi connectivity index (χ0v) is 15.1. The number of rotatable bonds is 6. The molecular weight excluding hydrogens is 298 g/mol. The number of carbonyl (C=O) groups is 1. The third-order valence-electron chi connectivity index (χ3n) is 5.42. The number of benzene rings is 1. The zero-order chi connectivity index (χ0) is 16.9. The van der Waals surface area contributed by atoms with Crippen molar-refractivity contribution in [2.45, 2.75) is 38.3 Å². The Balaban J connectivity index is 1.60. The fraction of sp³-hybridized carbons (Fsp3) is 0.650. The maximum Gasteiger partial charge on any atom is 0.223 e. The lowest BCUT2D eigenvalue weighted by Gasteiger charge is -2.24. The van der Waals surface area contributed by atoms with Crippen molar-refractivity contribution in [1.82, 2.24) is 15.1 Å². The Morgan fingerprint density at radius 3 is 2.54 bits per heavy atom. The molecule has 1 aliphatic carbocycles. The van der Waals surface area contributed by atoms with E-state index >= 15 is 0 Å². The molecule has 1 aliphatic heterocycles. The van der Waals surface area contributed by atoms with E-state index in [0.717, 1.165) is 39.0 Å². The maximum atomic E-state index is 12.6. The van der Waals surface area contributed by atoms with Crippen LogP contribution in [0.15, 0.2) is 30.3 Å². The molecule has 0 unspecified atom stereocenters. The van der Waals surface area contributed by atoms with Gasteiger partial charge in [0, 0.05) is 44.1 Å². The van der Waals surface area contributed by atoms with Crippen molar-refractivity contribution in [2.24, 2.45) is 11.8 Å². The lowest BCUT2D eigenvalue weighted by atomic mass is 10.0. The predicted molar refractivity (Wildman–Crippen MR) is 97.7 cm³/mol. The SMILES string of the molecule is CN(C)C[C@@H]1CN(Cc2ccccc2)C[C@H]1NC(=O)C1CCCC1. The summed E-state index contributed by atoms with van der Waals surface area (Å²) in [5, 5.41) is 3.38. The highest BCUT2D eigenvalue weighted by Gasteiger charge is 2.35. The summed E-state index contributed by atoms with van der Waals surface area (Å²) >= 11 is 0. The molecule has 1 N–H and O–H groups in total. The summed E-state index contributed by atoms with van der Waals surface area (Å²) in [5.41, 5.74) is 1.35. The van der Waals surface area contributed by atoms with Gasteiger partial charge >= 0.3 is 0 Å². The number of likely N-dealkylation sites (tertiary alicyclic amines) is 1. The van der Waals surface area contributed by atoms with Crippen LogP contribution in [0, 0.1) is 11.8 Å². The molecular formula is C20H31N3O. The van der Waals surface area contributed by atoms with Crippen LogP contribution in [0.5, 0.6) is 0 Å². The first-order valence-electron chi connectivity index (χ1n) is 9.33. The van der Waals surface area contributed by atoms with E-state index in [9.17, 15) is 4.79 Å². The van der Waals surface area contributed by atoms with Crippen LogP contribution in [0.2, 0.25) is 0 Å². The first kappa shape index (κ1) is 17.4. The Bertz CT molecular complexity index is 525. The number of carbonyl (C=O) groups excluding carboxylic acids is 1. The highest BCUT2D eigenvalue weighted by molar-refractivity contribution is 5.79. The van der Waals surface area contributed by atoms with Crippen molar-refractivity contribution < 1.29 is 4.79 Å². The molecule has 24 heavy (non-hydrogen) atoms. The number of amides is 1. The largest absolute Gasteiger partial charge is 0.351 e. The summed E-state index contributed by atoms with van der Waals surface area (Å²) in [6.07, 6.45) is 4.57. The van der Waals surface area contributed by atoms with Gasteiger partial charge < -0.3 is 10.2 Å². The van der Waals surface area contributed by atoms with Gasteiger partial charge in [-0.25, -0.2) is 0 Å². The quantitative estimate of drug-likeness (QED) is 0.870. The molecule has 2 atom stereocenters. The molecule has 3 rings (SSSR count). The van der Waals surface area contributed by atoms with Gasteiger partial charge in [0.2, 0.25) is 5.91 Å². The summed E-state index contributed by atoms with van der Waals surface area (Å²) in [5.74, 6) is 1.06. The van der Waals surface area contributed by atoms with Crippen LogP contribution >= 0.6 is 0 Å². The molecule has 4 nitrogen and oxygen atoms in total. The Labute approximate surface area is 146 Å². The molecule has 1 saturated heterocycles. The van der Waals surface area contributed by atoms with Gasteiger partial charge in [-0.1, -0.05) is 43.2 Å². The minimum absolute atomic E-state index is 0.258. The topological polar surface area (TPSA) is 35.6 Å². The smallest absolute Gasteiger partial charge is 0.223 e. The van der Waals surface area contributed by atoms with Crippen LogP contribution in [-0.4, -0.2) is 55.5 Å². The number of nitrogens with zero attached hydrogens (tertiary/aromatic N) is 2. The highest BCUT2D eigenvalue weighted by atomic mass is 16.2. The van der Waals surface area contributed by atoms with Crippen LogP contribution in [0.4, 0.5) is 0 Å². The van der Waals surface area contributed by atoms with E-state index in [4.69, 9.17) is 0 Å². The molecule has 0 radical (unpaired) electrons. The van der Waals surface area contributed by atoms with Gasteiger partial charge in [0.05, 0.1) is 0 Å². The Hall–Kier alpha value is -1.39. The van der Waals surface area contributed by atoms with E-state index in [1.165, 1.54) is 18.4 Å². The molecule has 1 saturated carbocycles. The van der Waals surface area contributed by atoms with E-state index in [-0.39, 0.29) is 12.0 Å². The lowest BCUT2D eigenvalue weighted by Crippen LogP contribution is -2.45. The van der Waals surface area contributed by atoms with Gasteiger partial charge in [0.1, 0.15) is 0 Å². The minimum Gasteiger partial charge on any atom is -0.351 e. The van der Waals surface area contributed by atoms with Crippen LogP contribution < -0.4 is 5.32 Å². The number of hydrogen-bond donors (Lipinski definition) is 1. The van der Waals surface area contributed by atoms with E-state index in [2.05, 4.69) is 59.5 Å². The van der Waals surface area contributed by atoms with Crippen LogP contribution in [0.1, 0.15) is 31.2 Å². The fourth-order valence-electron chi connectivity index (χ4n) is 4.24. The van der Waals surface area contributed by atoms with E-state index in [1.807, 2.05) is 0 Å². The van der Waals surface area contributed by atoms with Crippen molar-refractivity contribution >= 4 is 5.91 Å². The standard InChI is InChI=1S/C20H31N3O/c1-22(2)13-18-14-23(12-16-8-4-3-5-9-16)15-19(18)21-20(24)17-10-6-7-11-17/h3-5,8-9,17-19H,6-7,10-15H2,1-2H3,(H,21,24)/t18-,19-/m1/s1. The minimum atomic E-state index is 0.258. The first-order valence-corrected chi connectivity index (χ1v) is 9.33. The fourth-order valence-corrected chi connectivity index (χ4v) is 4.24. The summed E-state index contributed by atoms with van der Waals surface area (Å²) in [7, 11) is 4.24. The average molecular weight is 329 g/mol. The monoisotopic (exact) mass is 329 g/mol. The molecule has 1 heterocycles. The van der Waals surface area contributed by atoms with Crippen LogP contribution in [-0.2, 0) is 11.3 Å². The Morgan fingerprint density at radius 1 is 1.17 bits per heavy atom. The molecule has 2 fully saturated rings. The van der Waals surface area contributed by atoms with Crippen molar-refractivity contribution in [3.05, 3.63) is 35.9 Å². The Kier molecular flexibility index (Phi) is 5.90. The third kappa shape index (κ3) is 4.58. The second-order valence-electron chi connectivity index (χ2n) is 7.80. The number of nitrogens with one attached hydrogen (secondary N) is 1. The summed E-state index contributed by atoms with van der Waals surface area (Å²) in [6, 6.07) is 10.9. The van der Waals surface area contributed by atoms with Gasteiger partial charge in [-0.2, -0.15) is 0 Å². The van der Waals surface area contributed by atoms with Gasteiger partial charge in [-0.15, -0.1) is 0 Å². The zero-order valence-electron chi connectivity index (χ0n) is 15.1.